The van der Waals surface area contributed by atoms with Gasteiger partial charge in [-0.25, -0.2) is 4.98 Å². The monoisotopic (exact) mass is 243 g/mol. The molecule has 0 amide bonds. The topological polar surface area (TPSA) is 12.9 Å². The van der Waals surface area contributed by atoms with E-state index in [9.17, 15) is 0 Å². The highest BCUT2D eigenvalue weighted by Gasteiger charge is 2.19. The summed E-state index contributed by atoms with van der Waals surface area (Å²) in [5, 5.41) is 1.28. The van der Waals surface area contributed by atoms with E-state index in [4.69, 9.17) is 4.98 Å². The standard InChI is InChI=1S/C15H17NS/c1-10(2)15-16-14-12-8-4-3-6-11(12)7-5-9-13(14)17-15/h3-4,6,8,10H,5,7,9H2,1-2H3. The van der Waals surface area contributed by atoms with Gasteiger partial charge in [0.25, 0.3) is 0 Å². The molecule has 0 saturated carbocycles. The van der Waals surface area contributed by atoms with Gasteiger partial charge in [0.2, 0.25) is 0 Å². The first-order valence-electron chi connectivity index (χ1n) is 6.33. The molecule has 2 aromatic rings. The van der Waals surface area contributed by atoms with Gasteiger partial charge in [-0.2, -0.15) is 0 Å². The molecule has 0 fully saturated rings. The van der Waals surface area contributed by atoms with E-state index in [-0.39, 0.29) is 0 Å². The van der Waals surface area contributed by atoms with Crippen molar-refractivity contribution < 1.29 is 0 Å². The fraction of sp³-hybridized carbons (Fsp3) is 0.400. The predicted octanol–water partition coefficient (Wildman–Crippen LogP) is 4.42. The quantitative estimate of drug-likeness (QED) is 0.722. The van der Waals surface area contributed by atoms with Crippen LogP contribution in [0.15, 0.2) is 24.3 Å². The fourth-order valence-corrected chi connectivity index (χ4v) is 3.53. The van der Waals surface area contributed by atoms with Crippen LogP contribution < -0.4 is 0 Å². The zero-order chi connectivity index (χ0) is 11.8. The van der Waals surface area contributed by atoms with Gasteiger partial charge in [-0.05, 0) is 24.8 Å². The second-order valence-corrected chi connectivity index (χ2v) is 6.10. The molecule has 0 bridgehead atoms. The molecule has 2 heteroatoms. The molecule has 1 aromatic heterocycles. The van der Waals surface area contributed by atoms with Crippen LogP contribution in [-0.4, -0.2) is 4.98 Å². The van der Waals surface area contributed by atoms with E-state index in [1.165, 1.54) is 46.0 Å². The Morgan fingerprint density at radius 2 is 2.00 bits per heavy atom. The van der Waals surface area contributed by atoms with E-state index < -0.39 is 0 Å². The van der Waals surface area contributed by atoms with Gasteiger partial charge >= 0.3 is 0 Å². The van der Waals surface area contributed by atoms with Gasteiger partial charge in [-0.3, -0.25) is 0 Å². The first-order chi connectivity index (χ1) is 8.25. The molecule has 0 atom stereocenters. The van der Waals surface area contributed by atoms with Crippen LogP contribution in [0.4, 0.5) is 0 Å². The molecule has 3 rings (SSSR count). The summed E-state index contributed by atoms with van der Waals surface area (Å²) in [6.45, 7) is 4.45. The number of nitrogens with zero attached hydrogens (tertiary/aromatic N) is 1. The maximum Gasteiger partial charge on any atom is 0.0960 e. The first-order valence-corrected chi connectivity index (χ1v) is 7.15. The maximum atomic E-state index is 4.87. The highest BCUT2D eigenvalue weighted by molar-refractivity contribution is 7.12. The molecule has 0 N–H and O–H groups in total. The smallest absolute Gasteiger partial charge is 0.0960 e. The summed E-state index contributed by atoms with van der Waals surface area (Å²) in [6, 6.07) is 8.74. The minimum Gasteiger partial charge on any atom is -0.241 e. The Bertz CT molecular complexity index is 540. The van der Waals surface area contributed by atoms with Crippen molar-refractivity contribution in [2.45, 2.75) is 39.0 Å². The van der Waals surface area contributed by atoms with E-state index in [1.54, 1.807) is 0 Å². The lowest BCUT2D eigenvalue weighted by Crippen LogP contribution is -1.89. The van der Waals surface area contributed by atoms with Crippen molar-refractivity contribution in [3.8, 4) is 11.3 Å². The summed E-state index contributed by atoms with van der Waals surface area (Å²) in [5.74, 6) is 0.541. The van der Waals surface area contributed by atoms with Gasteiger partial charge < -0.3 is 0 Å². The first kappa shape index (κ1) is 11.0. The van der Waals surface area contributed by atoms with Crippen molar-refractivity contribution in [1.29, 1.82) is 0 Å². The fourth-order valence-electron chi connectivity index (χ4n) is 2.41. The van der Waals surface area contributed by atoms with Gasteiger partial charge in [0.05, 0.1) is 10.7 Å². The lowest BCUT2D eigenvalue weighted by molar-refractivity contribution is 0.843. The van der Waals surface area contributed by atoms with Crippen molar-refractivity contribution in [3.05, 3.63) is 39.7 Å². The molecule has 0 radical (unpaired) electrons. The third-order valence-corrected chi connectivity index (χ3v) is 4.75. The Kier molecular flexibility index (Phi) is 2.75. The largest absolute Gasteiger partial charge is 0.241 e. The SMILES string of the molecule is CC(C)c1nc2c(s1)CCCc1ccccc1-2. The molecular weight excluding hydrogens is 226 g/mol. The van der Waals surface area contributed by atoms with Crippen molar-refractivity contribution in [1.82, 2.24) is 4.98 Å². The molecule has 1 aliphatic carbocycles. The molecule has 1 aliphatic rings. The third kappa shape index (κ3) is 1.91. The third-order valence-electron chi connectivity index (χ3n) is 3.33. The Morgan fingerprint density at radius 3 is 2.82 bits per heavy atom. The van der Waals surface area contributed by atoms with Gasteiger partial charge in [-0.15, -0.1) is 11.3 Å². The lowest BCUT2D eigenvalue weighted by Gasteiger charge is -2.04. The summed E-state index contributed by atoms with van der Waals surface area (Å²) in [7, 11) is 0. The van der Waals surface area contributed by atoms with E-state index in [1.807, 2.05) is 11.3 Å². The van der Waals surface area contributed by atoms with E-state index in [0.717, 1.165) is 0 Å². The molecule has 1 aromatic carbocycles. The second-order valence-electron chi connectivity index (χ2n) is 4.99. The van der Waals surface area contributed by atoms with Crippen LogP contribution in [0.2, 0.25) is 0 Å². The normalized spacial score (nSPS) is 14.3. The number of aryl methyl sites for hydroxylation is 2. The van der Waals surface area contributed by atoms with Crippen LogP contribution in [0.1, 0.15) is 41.6 Å². The summed E-state index contributed by atoms with van der Waals surface area (Å²) >= 11 is 1.91. The van der Waals surface area contributed by atoms with E-state index >= 15 is 0 Å². The van der Waals surface area contributed by atoms with Crippen LogP contribution in [-0.2, 0) is 12.8 Å². The Balaban J connectivity index is 2.18. The van der Waals surface area contributed by atoms with Gasteiger partial charge in [-0.1, -0.05) is 38.1 Å². The molecule has 0 aliphatic heterocycles. The average Bonchev–Trinajstić information content (AvgIpc) is 2.67. The lowest BCUT2D eigenvalue weighted by atomic mass is 10.0. The molecule has 1 heterocycles. The Morgan fingerprint density at radius 1 is 1.18 bits per heavy atom. The summed E-state index contributed by atoms with van der Waals surface area (Å²) in [6.07, 6.45) is 3.63. The minimum absolute atomic E-state index is 0.541. The van der Waals surface area contributed by atoms with E-state index in [0.29, 0.717) is 5.92 Å². The second kappa shape index (κ2) is 4.26. The summed E-state index contributed by atoms with van der Waals surface area (Å²) < 4.78 is 0. The van der Waals surface area contributed by atoms with Crippen molar-refractivity contribution in [2.75, 3.05) is 0 Å². The number of fused-ring (bicyclic) bond motifs is 3. The van der Waals surface area contributed by atoms with Crippen LogP contribution in [0, 0.1) is 0 Å². The zero-order valence-electron chi connectivity index (χ0n) is 10.4. The summed E-state index contributed by atoms with van der Waals surface area (Å²) in [4.78, 5) is 6.36. The highest BCUT2D eigenvalue weighted by atomic mass is 32.1. The number of hydrogen-bond acceptors (Lipinski definition) is 2. The van der Waals surface area contributed by atoms with Crippen molar-refractivity contribution in [3.63, 3.8) is 0 Å². The molecule has 1 nitrogen and oxygen atoms in total. The van der Waals surface area contributed by atoms with Gasteiger partial charge in [0.1, 0.15) is 0 Å². The van der Waals surface area contributed by atoms with E-state index in [2.05, 4.69) is 38.1 Å². The molecule has 0 spiro atoms. The molecule has 88 valence electrons. The van der Waals surface area contributed by atoms with Crippen LogP contribution in [0.5, 0.6) is 0 Å². The van der Waals surface area contributed by atoms with Crippen LogP contribution in [0.25, 0.3) is 11.3 Å². The molecule has 17 heavy (non-hydrogen) atoms. The van der Waals surface area contributed by atoms with Gasteiger partial charge in [0.15, 0.2) is 0 Å². The number of hydrogen-bond donors (Lipinski definition) is 0. The number of aromatic nitrogens is 1. The molecular formula is C15H17NS. The Hall–Kier alpha value is -1.15. The predicted molar refractivity (Wildman–Crippen MR) is 73.7 cm³/mol. The highest BCUT2D eigenvalue weighted by Crippen LogP contribution is 2.36. The van der Waals surface area contributed by atoms with Gasteiger partial charge in [0, 0.05) is 16.4 Å². The Labute approximate surface area is 107 Å². The van der Waals surface area contributed by atoms with Crippen LogP contribution in [0.3, 0.4) is 0 Å². The average molecular weight is 243 g/mol. The van der Waals surface area contributed by atoms with Crippen molar-refractivity contribution in [2.24, 2.45) is 0 Å². The molecule has 0 saturated heterocycles. The summed E-state index contributed by atoms with van der Waals surface area (Å²) in [5.41, 5.74) is 4.09. The number of thiazole rings is 1. The molecule has 0 unspecified atom stereocenters. The maximum absolute atomic E-state index is 4.87. The van der Waals surface area contributed by atoms with Crippen molar-refractivity contribution >= 4 is 11.3 Å². The number of rotatable bonds is 1. The van der Waals surface area contributed by atoms with Crippen LogP contribution >= 0.6 is 11.3 Å². The number of benzene rings is 1. The zero-order valence-corrected chi connectivity index (χ0v) is 11.2. The minimum atomic E-state index is 0.541.